The Labute approximate surface area is 69.0 Å². The highest BCUT2D eigenvalue weighted by Crippen LogP contribution is 2.02. The van der Waals surface area contributed by atoms with E-state index in [9.17, 15) is 4.79 Å². The molecule has 0 saturated heterocycles. The van der Waals surface area contributed by atoms with Gasteiger partial charge in [-0.2, -0.15) is 0 Å². The molecule has 1 aliphatic rings. The molecule has 10 heavy (non-hydrogen) atoms. The Morgan fingerprint density at radius 3 is 2.90 bits per heavy atom. The zero-order chi connectivity index (χ0) is 7.40. The summed E-state index contributed by atoms with van der Waals surface area (Å²) >= 11 is 3.13. The summed E-state index contributed by atoms with van der Waals surface area (Å²) in [7, 11) is 0. The van der Waals surface area contributed by atoms with Gasteiger partial charge in [0.25, 0.3) is 0 Å². The van der Waals surface area contributed by atoms with Gasteiger partial charge >= 0.3 is 0 Å². The summed E-state index contributed by atoms with van der Waals surface area (Å²) in [5, 5.41) is 0.445. The lowest BCUT2D eigenvalue weighted by Crippen LogP contribution is -2.34. The normalized spacial score (nSPS) is 17.5. The van der Waals surface area contributed by atoms with E-state index in [0.29, 0.717) is 5.33 Å². The van der Waals surface area contributed by atoms with Crippen LogP contribution in [0.4, 0.5) is 0 Å². The average molecular weight is 204 g/mol. The van der Waals surface area contributed by atoms with Crippen LogP contribution in [0, 0.1) is 0 Å². The van der Waals surface area contributed by atoms with Crippen LogP contribution in [0.5, 0.6) is 0 Å². The summed E-state index contributed by atoms with van der Waals surface area (Å²) in [6.45, 7) is 1.66. The summed E-state index contributed by atoms with van der Waals surface area (Å²) in [5.74, 6) is 0.185. The van der Waals surface area contributed by atoms with Gasteiger partial charge in [-0.15, -0.1) is 0 Å². The maximum absolute atomic E-state index is 11.0. The van der Waals surface area contributed by atoms with Crippen LogP contribution < -0.4 is 0 Å². The van der Waals surface area contributed by atoms with Gasteiger partial charge in [0, 0.05) is 13.1 Å². The molecule has 0 fully saturated rings. The molecular weight excluding hydrogens is 194 g/mol. The number of alkyl halides is 1. The van der Waals surface area contributed by atoms with Crippen LogP contribution in [0.1, 0.15) is 6.42 Å². The van der Waals surface area contributed by atoms with Crippen molar-refractivity contribution in [3.63, 3.8) is 0 Å². The van der Waals surface area contributed by atoms with Crippen LogP contribution in [0.15, 0.2) is 12.2 Å². The summed E-state index contributed by atoms with van der Waals surface area (Å²) in [6, 6.07) is 0. The van der Waals surface area contributed by atoms with Crippen LogP contribution in [-0.2, 0) is 4.79 Å². The molecule has 0 aromatic heterocycles. The number of carbonyl (C=O) groups is 1. The molecule has 0 saturated carbocycles. The standard InChI is InChI=1S/C7H10BrNO/c8-6-7(10)9-4-2-1-3-5-9/h1-2H,3-6H2. The molecule has 0 aromatic rings. The highest BCUT2D eigenvalue weighted by Gasteiger charge is 2.10. The predicted octanol–water partition coefficient (Wildman–Crippen LogP) is 1.17. The van der Waals surface area contributed by atoms with Gasteiger partial charge < -0.3 is 4.90 Å². The number of hydrogen-bond acceptors (Lipinski definition) is 1. The molecular formula is C7H10BrNO. The number of hydrogen-bond donors (Lipinski definition) is 0. The predicted molar refractivity (Wildman–Crippen MR) is 44.1 cm³/mol. The van der Waals surface area contributed by atoms with E-state index in [1.54, 1.807) is 0 Å². The first kappa shape index (κ1) is 7.79. The molecule has 1 rings (SSSR count). The van der Waals surface area contributed by atoms with Gasteiger partial charge in [0.15, 0.2) is 0 Å². The number of carbonyl (C=O) groups excluding carboxylic acids is 1. The Morgan fingerprint density at radius 1 is 1.60 bits per heavy atom. The third-order valence-corrected chi connectivity index (χ3v) is 2.00. The fourth-order valence-corrected chi connectivity index (χ4v) is 1.31. The van der Waals surface area contributed by atoms with Crippen molar-refractivity contribution in [2.75, 3.05) is 18.4 Å². The van der Waals surface area contributed by atoms with Gasteiger partial charge in [0.2, 0.25) is 5.91 Å². The minimum atomic E-state index is 0.185. The lowest BCUT2D eigenvalue weighted by Gasteiger charge is -2.22. The molecule has 0 aromatic carbocycles. The third kappa shape index (κ3) is 1.84. The van der Waals surface area contributed by atoms with Gasteiger partial charge in [-0.1, -0.05) is 28.1 Å². The monoisotopic (exact) mass is 203 g/mol. The Morgan fingerprint density at radius 2 is 2.40 bits per heavy atom. The number of rotatable bonds is 1. The van der Waals surface area contributed by atoms with Crippen molar-refractivity contribution in [3.05, 3.63) is 12.2 Å². The van der Waals surface area contributed by atoms with Crippen molar-refractivity contribution >= 4 is 21.8 Å². The fraction of sp³-hybridized carbons (Fsp3) is 0.571. The third-order valence-electron chi connectivity index (χ3n) is 1.53. The zero-order valence-electron chi connectivity index (χ0n) is 5.72. The van der Waals surface area contributed by atoms with Crippen LogP contribution >= 0.6 is 15.9 Å². The maximum atomic E-state index is 11.0. The zero-order valence-corrected chi connectivity index (χ0v) is 7.30. The maximum Gasteiger partial charge on any atom is 0.233 e. The van der Waals surface area contributed by atoms with E-state index < -0.39 is 0 Å². The topological polar surface area (TPSA) is 20.3 Å². The number of halogens is 1. The Hall–Kier alpha value is -0.310. The molecule has 0 N–H and O–H groups in total. The second kappa shape index (κ2) is 3.76. The SMILES string of the molecule is O=C(CBr)N1CC=CCC1. The molecule has 2 nitrogen and oxygen atoms in total. The highest BCUT2D eigenvalue weighted by molar-refractivity contribution is 9.09. The van der Waals surface area contributed by atoms with Gasteiger partial charge in [0.1, 0.15) is 0 Å². The van der Waals surface area contributed by atoms with Crippen LogP contribution in [-0.4, -0.2) is 29.2 Å². The van der Waals surface area contributed by atoms with Crippen molar-refractivity contribution in [1.29, 1.82) is 0 Å². The molecule has 0 radical (unpaired) electrons. The Bertz CT molecular complexity index is 156. The van der Waals surface area contributed by atoms with Crippen molar-refractivity contribution in [1.82, 2.24) is 4.90 Å². The van der Waals surface area contributed by atoms with Gasteiger partial charge in [-0.05, 0) is 6.42 Å². The molecule has 1 amide bonds. The molecule has 0 unspecified atom stereocenters. The lowest BCUT2D eigenvalue weighted by molar-refractivity contribution is -0.127. The minimum absolute atomic E-state index is 0.185. The van der Waals surface area contributed by atoms with Crippen molar-refractivity contribution in [3.8, 4) is 0 Å². The summed E-state index contributed by atoms with van der Waals surface area (Å²) in [4.78, 5) is 12.9. The van der Waals surface area contributed by atoms with Crippen LogP contribution in [0.2, 0.25) is 0 Å². The summed E-state index contributed by atoms with van der Waals surface area (Å²) < 4.78 is 0. The first-order valence-electron chi connectivity index (χ1n) is 3.33. The van der Waals surface area contributed by atoms with Gasteiger partial charge in [-0.25, -0.2) is 0 Å². The number of amides is 1. The quantitative estimate of drug-likeness (QED) is 0.463. The van der Waals surface area contributed by atoms with E-state index in [0.717, 1.165) is 19.5 Å². The minimum Gasteiger partial charge on any atom is -0.338 e. The molecule has 0 bridgehead atoms. The van der Waals surface area contributed by atoms with E-state index in [1.165, 1.54) is 0 Å². The van der Waals surface area contributed by atoms with Crippen molar-refractivity contribution < 1.29 is 4.79 Å². The van der Waals surface area contributed by atoms with E-state index in [4.69, 9.17) is 0 Å². The van der Waals surface area contributed by atoms with Gasteiger partial charge in [0.05, 0.1) is 5.33 Å². The molecule has 0 spiro atoms. The largest absolute Gasteiger partial charge is 0.338 e. The molecule has 0 aliphatic carbocycles. The van der Waals surface area contributed by atoms with E-state index >= 15 is 0 Å². The van der Waals surface area contributed by atoms with Gasteiger partial charge in [-0.3, -0.25) is 4.79 Å². The molecule has 0 atom stereocenters. The Balaban J connectivity index is 2.41. The number of nitrogens with zero attached hydrogens (tertiary/aromatic N) is 1. The van der Waals surface area contributed by atoms with E-state index in [2.05, 4.69) is 22.0 Å². The van der Waals surface area contributed by atoms with Crippen LogP contribution in [0.3, 0.4) is 0 Å². The molecule has 3 heteroatoms. The van der Waals surface area contributed by atoms with Crippen LogP contribution in [0.25, 0.3) is 0 Å². The summed E-state index contributed by atoms with van der Waals surface area (Å²) in [6.07, 6.45) is 5.14. The Kier molecular flexibility index (Phi) is 2.93. The van der Waals surface area contributed by atoms with E-state index in [-0.39, 0.29) is 5.91 Å². The lowest BCUT2D eigenvalue weighted by atomic mass is 10.2. The first-order chi connectivity index (χ1) is 4.84. The fourth-order valence-electron chi connectivity index (χ4n) is 0.952. The molecule has 56 valence electrons. The summed E-state index contributed by atoms with van der Waals surface area (Å²) in [5.41, 5.74) is 0. The average Bonchev–Trinajstić information content (AvgIpc) is 2.05. The smallest absolute Gasteiger partial charge is 0.233 e. The molecule has 1 aliphatic heterocycles. The van der Waals surface area contributed by atoms with Crippen molar-refractivity contribution in [2.24, 2.45) is 0 Å². The van der Waals surface area contributed by atoms with Crippen molar-refractivity contribution in [2.45, 2.75) is 6.42 Å². The van der Waals surface area contributed by atoms with E-state index in [1.807, 2.05) is 11.0 Å². The second-order valence-electron chi connectivity index (χ2n) is 2.23. The highest BCUT2D eigenvalue weighted by atomic mass is 79.9. The molecule has 1 heterocycles. The second-order valence-corrected chi connectivity index (χ2v) is 2.79. The first-order valence-corrected chi connectivity index (χ1v) is 4.45.